The zero-order chi connectivity index (χ0) is 20.0. The highest BCUT2D eigenvalue weighted by molar-refractivity contribution is 7.06. The number of rotatable bonds is 6. The molecule has 0 heterocycles. The summed E-state index contributed by atoms with van der Waals surface area (Å²) in [6.45, 7) is 4.12. The van der Waals surface area contributed by atoms with Crippen LogP contribution in [0.15, 0.2) is 90.4 Å². The van der Waals surface area contributed by atoms with E-state index in [2.05, 4.69) is 0 Å². The second-order valence-corrected chi connectivity index (χ2v) is 10.6. The predicted octanol–water partition coefficient (Wildman–Crippen LogP) is 4.61. The van der Waals surface area contributed by atoms with Crippen molar-refractivity contribution in [1.82, 2.24) is 0 Å². The van der Waals surface area contributed by atoms with Crippen LogP contribution < -0.4 is 10.4 Å². The van der Waals surface area contributed by atoms with Gasteiger partial charge in [0.15, 0.2) is 8.07 Å². The Hall–Kier alpha value is -2.98. The Morgan fingerprint density at radius 1 is 0.893 bits per heavy atom. The van der Waals surface area contributed by atoms with Crippen LogP contribution in [0.5, 0.6) is 0 Å². The summed E-state index contributed by atoms with van der Waals surface area (Å²) in [5, 5.41) is 2.02. The van der Waals surface area contributed by atoms with Crippen LogP contribution in [0.25, 0.3) is 6.08 Å². The molecule has 0 radical (unpaired) electrons. The molecule has 0 aliphatic heterocycles. The molecule has 0 bridgehead atoms. The predicted molar refractivity (Wildman–Crippen MR) is 115 cm³/mol. The molecule has 3 aromatic carbocycles. The van der Waals surface area contributed by atoms with Gasteiger partial charge in [0, 0.05) is 0 Å². The van der Waals surface area contributed by atoms with Crippen molar-refractivity contribution < 1.29 is 13.9 Å². The standard InChI is InChI=1S/C24H23FO2Si/c1-3-27-24(26)20-16-14-19(15-17-20)18-23(25)28(2,21-10-6-4-7-11-21)22-12-8-5-9-13-22/h4-18H,3H2,1-2H3/b23-18+. The third-order valence-corrected chi connectivity index (χ3v) is 8.97. The number of carbonyl (C=O) groups excluding carboxylic acids is 1. The number of hydrogen-bond donors (Lipinski definition) is 0. The molecule has 0 spiro atoms. The molecule has 0 N–H and O–H groups in total. The van der Waals surface area contributed by atoms with Gasteiger partial charge < -0.3 is 4.74 Å². The Morgan fingerprint density at radius 3 is 1.86 bits per heavy atom. The topological polar surface area (TPSA) is 26.3 Å². The van der Waals surface area contributed by atoms with E-state index >= 15 is 4.39 Å². The number of carbonyl (C=O) groups is 1. The van der Waals surface area contributed by atoms with Crippen molar-refractivity contribution in [2.75, 3.05) is 6.61 Å². The Morgan fingerprint density at radius 2 is 1.39 bits per heavy atom. The van der Waals surface area contributed by atoms with E-state index in [4.69, 9.17) is 4.74 Å². The lowest BCUT2D eigenvalue weighted by Crippen LogP contribution is -2.56. The quantitative estimate of drug-likeness (QED) is 0.454. The van der Waals surface area contributed by atoms with Gasteiger partial charge in [0.25, 0.3) is 0 Å². The first-order chi connectivity index (χ1) is 13.6. The molecule has 0 fully saturated rings. The summed E-state index contributed by atoms with van der Waals surface area (Å²) in [5.74, 6) is -0.369. The maximum absolute atomic E-state index is 15.7. The van der Waals surface area contributed by atoms with E-state index in [0.717, 1.165) is 15.9 Å². The van der Waals surface area contributed by atoms with Gasteiger partial charge in [0.1, 0.15) is 0 Å². The summed E-state index contributed by atoms with van der Waals surface area (Å²) in [4.78, 5) is 11.8. The highest BCUT2D eigenvalue weighted by atomic mass is 28.3. The third-order valence-electron chi connectivity index (χ3n) is 4.90. The molecule has 0 atom stereocenters. The van der Waals surface area contributed by atoms with Gasteiger partial charge in [0.05, 0.1) is 17.6 Å². The van der Waals surface area contributed by atoms with Crippen LogP contribution in [-0.4, -0.2) is 20.7 Å². The monoisotopic (exact) mass is 390 g/mol. The minimum Gasteiger partial charge on any atom is -0.462 e. The van der Waals surface area contributed by atoms with Gasteiger partial charge in [-0.1, -0.05) is 79.3 Å². The lowest BCUT2D eigenvalue weighted by molar-refractivity contribution is 0.0526. The lowest BCUT2D eigenvalue weighted by Gasteiger charge is -2.27. The number of benzene rings is 3. The Bertz CT molecular complexity index is 911. The van der Waals surface area contributed by atoms with Crippen LogP contribution in [0.3, 0.4) is 0 Å². The van der Waals surface area contributed by atoms with E-state index in [9.17, 15) is 4.79 Å². The molecule has 0 aliphatic rings. The minimum atomic E-state index is -2.73. The SMILES string of the molecule is CCOC(=O)c1ccc(/C=C(\F)[Si](C)(c2ccccc2)c2ccccc2)cc1. The summed E-state index contributed by atoms with van der Waals surface area (Å²) in [7, 11) is -2.73. The lowest BCUT2D eigenvalue weighted by atomic mass is 10.1. The minimum absolute atomic E-state index is 0.131. The van der Waals surface area contributed by atoms with Crippen molar-refractivity contribution >= 4 is 30.5 Å². The van der Waals surface area contributed by atoms with Gasteiger partial charge in [-0.15, -0.1) is 0 Å². The van der Waals surface area contributed by atoms with Crippen molar-refractivity contribution in [2.45, 2.75) is 13.5 Å². The van der Waals surface area contributed by atoms with Crippen molar-refractivity contribution in [1.29, 1.82) is 0 Å². The van der Waals surface area contributed by atoms with Crippen molar-refractivity contribution in [3.8, 4) is 0 Å². The zero-order valence-corrected chi connectivity index (χ0v) is 17.1. The fourth-order valence-corrected chi connectivity index (χ4v) is 6.26. The molecule has 2 nitrogen and oxygen atoms in total. The zero-order valence-electron chi connectivity index (χ0n) is 16.1. The highest BCUT2D eigenvalue weighted by Crippen LogP contribution is 2.21. The number of ether oxygens (including phenoxy) is 1. The fraction of sp³-hybridized carbons (Fsp3) is 0.125. The van der Waals surface area contributed by atoms with Crippen LogP contribution >= 0.6 is 0 Å². The van der Waals surface area contributed by atoms with Crippen molar-refractivity contribution in [2.24, 2.45) is 0 Å². The maximum atomic E-state index is 15.7. The van der Waals surface area contributed by atoms with E-state index in [1.807, 2.05) is 67.2 Å². The molecule has 0 saturated heterocycles. The van der Waals surface area contributed by atoms with E-state index < -0.39 is 8.07 Å². The van der Waals surface area contributed by atoms with Gasteiger partial charge in [-0.2, -0.15) is 0 Å². The highest BCUT2D eigenvalue weighted by Gasteiger charge is 2.37. The van der Waals surface area contributed by atoms with E-state index in [1.54, 1.807) is 37.3 Å². The largest absolute Gasteiger partial charge is 0.462 e. The van der Waals surface area contributed by atoms with Crippen LogP contribution in [0.1, 0.15) is 22.8 Å². The fourth-order valence-electron chi connectivity index (χ4n) is 3.21. The van der Waals surface area contributed by atoms with E-state index in [1.165, 1.54) is 0 Å². The average molecular weight is 391 g/mol. The molecule has 4 heteroatoms. The smallest absolute Gasteiger partial charge is 0.338 e. The molecule has 0 unspecified atom stereocenters. The summed E-state index contributed by atoms with van der Waals surface area (Å²) < 4.78 is 20.7. The van der Waals surface area contributed by atoms with Gasteiger partial charge in [-0.3, -0.25) is 0 Å². The normalized spacial score (nSPS) is 11.9. The van der Waals surface area contributed by atoms with E-state index in [0.29, 0.717) is 12.2 Å². The Labute approximate surface area is 166 Å². The molecule has 28 heavy (non-hydrogen) atoms. The molecule has 0 aromatic heterocycles. The first kappa shape index (κ1) is 19.8. The van der Waals surface area contributed by atoms with Crippen LogP contribution in [0.2, 0.25) is 6.55 Å². The summed E-state index contributed by atoms with van der Waals surface area (Å²) in [5.41, 5.74) is 1.05. The molecule has 0 saturated carbocycles. The summed E-state index contributed by atoms with van der Waals surface area (Å²) in [6.07, 6.45) is 1.58. The van der Waals surface area contributed by atoms with Gasteiger partial charge in [-0.05, 0) is 41.1 Å². The van der Waals surface area contributed by atoms with Crippen molar-refractivity contribution in [3.63, 3.8) is 0 Å². The molecular formula is C24H23FO2Si. The van der Waals surface area contributed by atoms with Crippen LogP contribution in [0.4, 0.5) is 4.39 Å². The van der Waals surface area contributed by atoms with Gasteiger partial charge in [-0.25, -0.2) is 9.18 Å². The molecule has 142 valence electrons. The molecule has 3 aromatic rings. The second kappa shape index (κ2) is 8.80. The first-order valence-electron chi connectivity index (χ1n) is 9.31. The van der Waals surface area contributed by atoms with Gasteiger partial charge >= 0.3 is 5.97 Å². The second-order valence-electron chi connectivity index (χ2n) is 6.69. The third kappa shape index (κ3) is 4.12. The number of hydrogen-bond acceptors (Lipinski definition) is 2. The number of halogens is 1. The van der Waals surface area contributed by atoms with Gasteiger partial charge in [0.2, 0.25) is 0 Å². The van der Waals surface area contributed by atoms with E-state index in [-0.39, 0.29) is 11.4 Å². The molecule has 0 aliphatic carbocycles. The first-order valence-corrected chi connectivity index (χ1v) is 11.8. The van der Waals surface area contributed by atoms with Crippen molar-refractivity contribution in [3.05, 3.63) is 102 Å². The summed E-state index contributed by atoms with van der Waals surface area (Å²) in [6, 6.07) is 26.5. The average Bonchev–Trinajstić information content (AvgIpc) is 2.75. The Balaban J connectivity index is 2.00. The molecule has 0 amide bonds. The Kier molecular flexibility index (Phi) is 6.22. The number of esters is 1. The van der Waals surface area contributed by atoms with Crippen LogP contribution in [-0.2, 0) is 4.74 Å². The molecular weight excluding hydrogens is 367 g/mol. The summed E-state index contributed by atoms with van der Waals surface area (Å²) >= 11 is 0. The maximum Gasteiger partial charge on any atom is 0.338 e. The van der Waals surface area contributed by atoms with Crippen LogP contribution in [0, 0.1) is 0 Å². The molecule has 3 rings (SSSR count).